The van der Waals surface area contributed by atoms with Crippen molar-refractivity contribution in [3.05, 3.63) is 70.0 Å². The van der Waals surface area contributed by atoms with Crippen LogP contribution in [0.3, 0.4) is 0 Å². The molecule has 1 aliphatic rings. The van der Waals surface area contributed by atoms with E-state index in [2.05, 4.69) is 22.5 Å². The number of thioether (sulfide) groups is 1. The van der Waals surface area contributed by atoms with Crippen molar-refractivity contribution in [2.45, 2.75) is 0 Å². The summed E-state index contributed by atoms with van der Waals surface area (Å²) in [5.41, 5.74) is 0.772. The molecule has 0 atom stereocenters. The van der Waals surface area contributed by atoms with Crippen LogP contribution < -0.4 is 4.74 Å². The average Bonchev–Trinajstić information content (AvgIpc) is 3.22. The zero-order valence-electron chi connectivity index (χ0n) is 13.3. The van der Waals surface area contributed by atoms with Crippen molar-refractivity contribution in [3.63, 3.8) is 0 Å². The highest BCUT2D eigenvalue weighted by Gasteiger charge is 2.30. The molecule has 2 heterocycles. The highest BCUT2D eigenvalue weighted by Crippen LogP contribution is 2.34. The monoisotopic (exact) mass is 449 g/mol. The predicted molar refractivity (Wildman–Crippen MR) is 108 cm³/mol. The van der Waals surface area contributed by atoms with Crippen LogP contribution in [0.5, 0.6) is 5.75 Å². The third kappa shape index (κ3) is 3.98. The minimum Gasteiger partial charge on any atom is -0.457 e. The predicted octanol–water partition coefficient (Wildman–Crippen LogP) is 4.65. The second-order valence-corrected chi connectivity index (χ2v) is 7.67. The van der Waals surface area contributed by atoms with Gasteiger partial charge in [0, 0.05) is 6.54 Å². The van der Waals surface area contributed by atoms with Crippen molar-refractivity contribution in [2.24, 2.45) is 0 Å². The summed E-state index contributed by atoms with van der Waals surface area (Å²) < 4.78 is 11.4. The van der Waals surface area contributed by atoms with Crippen LogP contribution in [0.15, 0.2) is 63.0 Å². The van der Waals surface area contributed by atoms with Gasteiger partial charge in [-0.3, -0.25) is 9.69 Å². The third-order valence-corrected chi connectivity index (χ3v) is 5.36. The third-order valence-electron chi connectivity index (χ3n) is 3.36. The Bertz CT molecular complexity index is 921. The second-order valence-electron chi connectivity index (χ2n) is 5.14. The van der Waals surface area contributed by atoms with Gasteiger partial charge in [-0.25, -0.2) is 4.79 Å². The van der Waals surface area contributed by atoms with Crippen LogP contribution in [-0.4, -0.2) is 27.6 Å². The van der Waals surface area contributed by atoms with E-state index in [1.54, 1.807) is 36.4 Å². The highest BCUT2D eigenvalue weighted by molar-refractivity contribution is 9.10. The van der Waals surface area contributed by atoms with Crippen molar-refractivity contribution >= 4 is 62.2 Å². The summed E-state index contributed by atoms with van der Waals surface area (Å²) in [6.07, 6.45) is 4.77. The average molecular weight is 450 g/mol. The Balaban J connectivity index is 1.77. The molecule has 0 aliphatic carbocycles. The number of furan rings is 1. The highest BCUT2D eigenvalue weighted by atomic mass is 79.9. The number of thiocarbonyl (C=S) groups is 1. The van der Waals surface area contributed by atoms with Gasteiger partial charge in [0.2, 0.25) is 5.76 Å². The van der Waals surface area contributed by atoms with E-state index in [1.165, 1.54) is 29.0 Å². The number of ether oxygens (including phenoxy) is 1. The molecule has 1 aliphatic heterocycles. The Hall–Kier alpha value is -2.16. The number of hydrogen-bond acceptors (Lipinski definition) is 6. The molecular weight excluding hydrogens is 438 g/mol. The molecule has 3 rings (SSSR count). The normalized spacial score (nSPS) is 15.6. The largest absolute Gasteiger partial charge is 0.457 e. The van der Waals surface area contributed by atoms with Crippen LogP contribution in [-0.2, 0) is 4.79 Å². The summed E-state index contributed by atoms with van der Waals surface area (Å²) in [6.45, 7) is 4.01. The fourth-order valence-electron chi connectivity index (χ4n) is 2.17. The minimum absolute atomic E-state index is 0.117. The number of carbonyl (C=O) groups excluding carboxylic acids is 2. The Kier molecular flexibility index (Phi) is 5.75. The SMILES string of the molecule is C=CCN1C(=O)C(=Cc2ccc(OC(=O)c3ccco3)c(Br)c2)SC1=S. The molecule has 2 aromatic rings. The molecule has 1 aromatic carbocycles. The van der Waals surface area contributed by atoms with E-state index < -0.39 is 5.97 Å². The molecule has 0 spiro atoms. The zero-order chi connectivity index (χ0) is 18.7. The number of amides is 1. The number of carbonyl (C=O) groups is 2. The number of halogens is 1. The van der Waals surface area contributed by atoms with Crippen molar-refractivity contribution in [1.82, 2.24) is 4.90 Å². The first kappa shape index (κ1) is 18.6. The number of nitrogens with zero attached hydrogens (tertiary/aromatic N) is 1. The van der Waals surface area contributed by atoms with Crippen LogP contribution in [0, 0.1) is 0 Å². The first-order valence-corrected chi connectivity index (χ1v) is 9.43. The van der Waals surface area contributed by atoms with Gasteiger partial charge in [0.15, 0.2) is 0 Å². The van der Waals surface area contributed by atoms with Gasteiger partial charge in [-0.1, -0.05) is 36.1 Å². The van der Waals surface area contributed by atoms with Gasteiger partial charge in [-0.15, -0.1) is 6.58 Å². The van der Waals surface area contributed by atoms with Gasteiger partial charge >= 0.3 is 5.97 Å². The zero-order valence-corrected chi connectivity index (χ0v) is 16.5. The van der Waals surface area contributed by atoms with E-state index in [1.807, 2.05) is 0 Å². The van der Waals surface area contributed by atoms with E-state index in [9.17, 15) is 9.59 Å². The van der Waals surface area contributed by atoms with Crippen LogP contribution in [0.4, 0.5) is 0 Å². The maximum atomic E-state index is 12.3. The minimum atomic E-state index is -0.589. The standard InChI is InChI=1S/C18H12BrNO4S2/c1-2-7-20-16(21)15(26-18(20)25)10-11-5-6-13(12(19)9-11)24-17(22)14-4-3-8-23-14/h2-6,8-10H,1,7H2. The van der Waals surface area contributed by atoms with Crippen molar-refractivity contribution in [2.75, 3.05) is 6.54 Å². The quantitative estimate of drug-likeness (QED) is 0.217. The van der Waals surface area contributed by atoms with Gasteiger partial charge in [-0.2, -0.15) is 0 Å². The van der Waals surface area contributed by atoms with Gasteiger partial charge in [-0.05, 0) is 51.8 Å². The van der Waals surface area contributed by atoms with E-state index >= 15 is 0 Å². The van der Waals surface area contributed by atoms with Gasteiger partial charge in [0.25, 0.3) is 5.91 Å². The maximum Gasteiger partial charge on any atom is 0.379 e. The fraction of sp³-hybridized carbons (Fsp3) is 0.0556. The summed E-state index contributed by atoms with van der Waals surface area (Å²) in [4.78, 5) is 26.3. The summed E-state index contributed by atoms with van der Waals surface area (Å²) in [7, 11) is 0. The molecule has 1 fully saturated rings. The Morgan fingerprint density at radius 2 is 2.23 bits per heavy atom. The number of esters is 1. The molecule has 0 unspecified atom stereocenters. The molecule has 8 heteroatoms. The lowest BCUT2D eigenvalue weighted by Crippen LogP contribution is -2.27. The first-order valence-electron chi connectivity index (χ1n) is 7.41. The topological polar surface area (TPSA) is 59.8 Å². The second kappa shape index (κ2) is 8.03. The molecule has 26 heavy (non-hydrogen) atoms. The van der Waals surface area contributed by atoms with Crippen LogP contribution in [0.2, 0.25) is 0 Å². The van der Waals surface area contributed by atoms with E-state index in [-0.39, 0.29) is 11.7 Å². The summed E-state index contributed by atoms with van der Waals surface area (Å²) in [5.74, 6) is -0.271. The molecule has 132 valence electrons. The maximum absolute atomic E-state index is 12.3. The number of benzene rings is 1. The molecule has 0 N–H and O–H groups in total. The Morgan fingerprint density at radius 1 is 1.42 bits per heavy atom. The van der Waals surface area contributed by atoms with E-state index in [0.29, 0.717) is 26.0 Å². The van der Waals surface area contributed by atoms with Gasteiger partial charge in [0.1, 0.15) is 10.1 Å². The summed E-state index contributed by atoms with van der Waals surface area (Å²) in [5, 5.41) is 0. The summed E-state index contributed by atoms with van der Waals surface area (Å²) >= 11 is 9.83. The number of rotatable bonds is 5. The molecule has 1 amide bonds. The van der Waals surface area contributed by atoms with Crippen molar-refractivity contribution < 1.29 is 18.7 Å². The van der Waals surface area contributed by atoms with E-state index in [4.69, 9.17) is 21.4 Å². The van der Waals surface area contributed by atoms with Crippen LogP contribution >= 0.6 is 39.9 Å². The lowest BCUT2D eigenvalue weighted by atomic mass is 10.2. The molecule has 1 saturated heterocycles. The fourth-order valence-corrected chi connectivity index (χ4v) is 3.92. The molecule has 0 saturated carbocycles. The molecular formula is C18H12BrNO4S2. The smallest absolute Gasteiger partial charge is 0.379 e. The summed E-state index contributed by atoms with van der Waals surface area (Å²) in [6, 6.07) is 8.27. The van der Waals surface area contributed by atoms with Crippen molar-refractivity contribution in [3.8, 4) is 5.75 Å². The first-order chi connectivity index (χ1) is 12.5. The Morgan fingerprint density at radius 3 is 2.88 bits per heavy atom. The van der Waals surface area contributed by atoms with E-state index in [0.717, 1.165) is 5.56 Å². The molecule has 0 radical (unpaired) electrons. The molecule has 0 bridgehead atoms. The Labute approximate surface area is 167 Å². The van der Waals surface area contributed by atoms with Crippen molar-refractivity contribution in [1.29, 1.82) is 0 Å². The van der Waals surface area contributed by atoms with Crippen LogP contribution in [0.1, 0.15) is 16.1 Å². The van der Waals surface area contributed by atoms with Crippen LogP contribution in [0.25, 0.3) is 6.08 Å². The lowest BCUT2D eigenvalue weighted by Gasteiger charge is -2.10. The number of hydrogen-bond donors (Lipinski definition) is 0. The lowest BCUT2D eigenvalue weighted by molar-refractivity contribution is -0.121. The molecule has 1 aromatic heterocycles. The van der Waals surface area contributed by atoms with Gasteiger partial charge in [0.05, 0.1) is 15.6 Å². The van der Waals surface area contributed by atoms with Gasteiger partial charge < -0.3 is 9.15 Å². The molecule has 5 nitrogen and oxygen atoms in total.